The van der Waals surface area contributed by atoms with Crippen molar-refractivity contribution in [3.63, 3.8) is 0 Å². The highest BCUT2D eigenvalue weighted by atomic mass is 16.5. The largest absolute Gasteiger partial charge is 0.481 e. The van der Waals surface area contributed by atoms with Gasteiger partial charge >= 0.3 is 0 Å². The highest BCUT2D eigenvalue weighted by Gasteiger charge is 2.22. The van der Waals surface area contributed by atoms with Crippen molar-refractivity contribution in [2.24, 2.45) is 0 Å². The maximum Gasteiger partial charge on any atom is 0.225 e. The van der Waals surface area contributed by atoms with Crippen LogP contribution in [0, 0.1) is 0 Å². The molecule has 0 aliphatic carbocycles. The number of rotatable bonds is 6. The smallest absolute Gasteiger partial charge is 0.225 e. The molecule has 0 atom stereocenters. The second-order valence-corrected chi connectivity index (χ2v) is 5.47. The molecule has 1 aliphatic rings. The number of anilines is 1. The second kappa shape index (κ2) is 7.09. The summed E-state index contributed by atoms with van der Waals surface area (Å²) >= 11 is 0. The number of fused-ring (bicyclic) bond motifs is 1. The Bertz CT molecular complexity index is 665. The van der Waals surface area contributed by atoms with Crippen molar-refractivity contribution in [2.45, 2.75) is 25.9 Å². The van der Waals surface area contributed by atoms with Crippen LogP contribution in [-0.2, 0) is 17.9 Å². The number of aromatic nitrogens is 2. The lowest BCUT2D eigenvalue weighted by molar-refractivity contribution is -0.131. The van der Waals surface area contributed by atoms with E-state index in [1.165, 1.54) is 11.1 Å². The summed E-state index contributed by atoms with van der Waals surface area (Å²) in [5.74, 6) is 1.23. The third kappa shape index (κ3) is 3.77. The van der Waals surface area contributed by atoms with E-state index in [4.69, 9.17) is 4.74 Å². The van der Waals surface area contributed by atoms with Crippen LogP contribution in [0.5, 0.6) is 5.88 Å². The van der Waals surface area contributed by atoms with Crippen LogP contribution < -0.4 is 10.1 Å². The predicted octanol–water partition coefficient (Wildman–Crippen LogP) is 2.22. The van der Waals surface area contributed by atoms with E-state index in [1.807, 2.05) is 17.0 Å². The SMILES string of the molecule is COc1ccnc(NCCCC(=O)N2Cc3ccccc3C2)n1. The minimum atomic E-state index is 0.189. The van der Waals surface area contributed by atoms with Gasteiger partial charge in [-0.15, -0.1) is 0 Å². The van der Waals surface area contributed by atoms with Gasteiger partial charge in [-0.25, -0.2) is 4.98 Å². The molecule has 2 heterocycles. The van der Waals surface area contributed by atoms with E-state index >= 15 is 0 Å². The molecule has 0 fully saturated rings. The van der Waals surface area contributed by atoms with E-state index in [-0.39, 0.29) is 5.91 Å². The van der Waals surface area contributed by atoms with Crippen molar-refractivity contribution < 1.29 is 9.53 Å². The Morgan fingerprint density at radius 3 is 2.70 bits per heavy atom. The van der Waals surface area contributed by atoms with Crippen LogP contribution in [0.1, 0.15) is 24.0 Å². The summed E-state index contributed by atoms with van der Waals surface area (Å²) < 4.78 is 5.05. The summed E-state index contributed by atoms with van der Waals surface area (Å²) in [6, 6.07) is 9.91. The Balaban J connectivity index is 1.42. The van der Waals surface area contributed by atoms with Crippen molar-refractivity contribution in [3.05, 3.63) is 47.7 Å². The molecule has 23 heavy (non-hydrogen) atoms. The van der Waals surface area contributed by atoms with E-state index in [9.17, 15) is 4.79 Å². The van der Waals surface area contributed by atoms with Crippen molar-refractivity contribution in [1.82, 2.24) is 14.9 Å². The summed E-state index contributed by atoms with van der Waals surface area (Å²) in [6.45, 7) is 2.10. The average Bonchev–Trinajstić information content (AvgIpc) is 3.03. The highest BCUT2D eigenvalue weighted by molar-refractivity contribution is 5.77. The van der Waals surface area contributed by atoms with Crippen molar-refractivity contribution in [3.8, 4) is 5.88 Å². The molecule has 0 spiro atoms. The van der Waals surface area contributed by atoms with E-state index < -0.39 is 0 Å². The second-order valence-electron chi connectivity index (χ2n) is 5.47. The van der Waals surface area contributed by atoms with Gasteiger partial charge in [0.05, 0.1) is 7.11 Å². The number of amides is 1. The van der Waals surface area contributed by atoms with Gasteiger partial charge in [0, 0.05) is 38.3 Å². The molecule has 6 heteroatoms. The number of nitrogens with one attached hydrogen (secondary N) is 1. The van der Waals surface area contributed by atoms with Crippen LogP contribution in [0.15, 0.2) is 36.5 Å². The fraction of sp³-hybridized carbons (Fsp3) is 0.353. The zero-order valence-corrected chi connectivity index (χ0v) is 13.2. The molecule has 6 nitrogen and oxygen atoms in total. The molecule has 120 valence electrons. The van der Waals surface area contributed by atoms with E-state index in [0.29, 0.717) is 24.8 Å². The molecule has 3 rings (SSSR count). The lowest BCUT2D eigenvalue weighted by Gasteiger charge is -2.15. The van der Waals surface area contributed by atoms with Gasteiger partial charge in [0.15, 0.2) is 0 Å². The number of nitrogens with zero attached hydrogens (tertiary/aromatic N) is 3. The van der Waals surface area contributed by atoms with Gasteiger partial charge in [-0.1, -0.05) is 24.3 Å². The van der Waals surface area contributed by atoms with E-state index in [2.05, 4.69) is 27.4 Å². The Morgan fingerprint density at radius 1 is 1.26 bits per heavy atom. The highest BCUT2D eigenvalue weighted by Crippen LogP contribution is 2.22. The van der Waals surface area contributed by atoms with Gasteiger partial charge < -0.3 is 15.0 Å². The minimum absolute atomic E-state index is 0.189. The molecule has 2 aromatic rings. The monoisotopic (exact) mass is 312 g/mol. The maximum absolute atomic E-state index is 12.3. The van der Waals surface area contributed by atoms with Crippen LogP contribution >= 0.6 is 0 Å². The molecular formula is C17H20N4O2. The fourth-order valence-electron chi connectivity index (χ4n) is 2.65. The van der Waals surface area contributed by atoms with E-state index in [0.717, 1.165) is 19.5 Å². The lowest BCUT2D eigenvalue weighted by Crippen LogP contribution is -2.25. The molecule has 0 radical (unpaired) electrons. The normalized spacial score (nSPS) is 12.8. The zero-order valence-electron chi connectivity index (χ0n) is 13.2. The van der Waals surface area contributed by atoms with Gasteiger partial charge in [0.25, 0.3) is 0 Å². The van der Waals surface area contributed by atoms with E-state index in [1.54, 1.807) is 19.4 Å². The third-order valence-corrected chi connectivity index (χ3v) is 3.88. The standard InChI is InChI=1S/C17H20N4O2/c1-23-15-8-10-19-17(20-15)18-9-4-7-16(22)21-11-13-5-2-3-6-14(13)12-21/h2-3,5-6,8,10H,4,7,9,11-12H2,1H3,(H,18,19,20). The molecule has 1 aliphatic heterocycles. The number of benzene rings is 1. The first-order valence-corrected chi connectivity index (χ1v) is 7.72. The molecule has 1 amide bonds. The maximum atomic E-state index is 12.3. The Hall–Kier alpha value is -2.63. The third-order valence-electron chi connectivity index (χ3n) is 3.88. The summed E-state index contributed by atoms with van der Waals surface area (Å²) in [5, 5.41) is 3.11. The summed E-state index contributed by atoms with van der Waals surface area (Å²) in [5.41, 5.74) is 2.51. The van der Waals surface area contributed by atoms with Crippen LogP contribution in [0.3, 0.4) is 0 Å². The van der Waals surface area contributed by atoms with Gasteiger partial charge in [-0.2, -0.15) is 4.98 Å². The fourth-order valence-corrected chi connectivity index (χ4v) is 2.65. The van der Waals surface area contributed by atoms with Crippen LogP contribution in [-0.4, -0.2) is 34.4 Å². The number of carbonyl (C=O) groups is 1. The Morgan fingerprint density at radius 2 is 2.00 bits per heavy atom. The molecule has 0 saturated carbocycles. The van der Waals surface area contributed by atoms with Crippen LogP contribution in [0.4, 0.5) is 5.95 Å². The van der Waals surface area contributed by atoms with Crippen molar-refractivity contribution in [1.29, 1.82) is 0 Å². The lowest BCUT2D eigenvalue weighted by atomic mass is 10.1. The summed E-state index contributed by atoms with van der Waals surface area (Å²) in [6.07, 6.45) is 2.90. The molecule has 1 N–H and O–H groups in total. The predicted molar refractivity (Wildman–Crippen MR) is 87.0 cm³/mol. The number of ether oxygens (including phenoxy) is 1. The molecule has 0 unspecified atom stereocenters. The van der Waals surface area contributed by atoms with Gasteiger partial charge in [0.2, 0.25) is 17.7 Å². The summed E-state index contributed by atoms with van der Waals surface area (Å²) in [4.78, 5) is 22.5. The topological polar surface area (TPSA) is 67.3 Å². The van der Waals surface area contributed by atoms with Gasteiger partial charge in [0.1, 0.15) is 0 Å². The van der Waals surface area contributed by atoms with Gasteiger partial charge in [-0.3, -0.25) is 4.79 Å². The number of hydrogen-bond donors (Lipinski definition) is 1. The average molecular weight is 312 g/mol. The van der Waals surface area contributed by atoms with Crippen LogP contribution in [0.2, 0.25) is 0 Å². The Labute approximate surface area is 135 Å². The van der Waals surface area contributed by atoms with Crippen LogP contribution in [0.25, 0.3) is 0 Å². The number of hydrogen-bond acceptors (Lipinski definition) is 5. The number of methoxy groups -OCH3 is 1. The zero-order chi connectivity index (χ0) is 16.1. The molecule has 1 aromatic heterocycles. The van der Waals surface area contributed by atoms with Crippen molar-refractivity contribution >= 4 is 11.9 Å². The minimum Gasteiger partial charge on any atom is -0.481 e. The quantitative estimate of drug-likeness (QED) is 0.828. The molecule has 1 aromatic carbocycles. The van der Waals surface area contributed by atoms with Gasteiger partial charge in [-0.05, 0) is 17.5 Å². The molecule has 0 saturated heterocycles. The first-order chi connectivity index (χ1) is 11.3. The molecular weight excluding hydrogens is 292 g/mol. The molecule has 0 bridgehead atoms. The first-order valence-electron chi connectivity index (χ1n) is 7.72. The first kappa shape index (κ1) is 15.3. The summed E-state index contributed by atoms with van der Waals surface area (Å²) in [7, 11) is 1.57. The van der Waals surface area contributed by atoms with Crippen molar-refractivity contribution in [2.75, 3.05) is 19.0 Å². The Kier molecular flexibility index (Phi) is 4.71. The number of carbonyl (C=O) groups excluding carboxylic acids is 1.